The minimum Gasteiger partial charge on any atom is -0.490 e. The van der Waals surface area contributed by atoms with Gasteiger partial charge in [-0.1, -0.05) is 23.2 Å². The van der Waals surface area contributed by atoms with Gasteiger partial charge in [0.2, 0.25) is 0 Å². The molecule has 0 bridgehead atoms. The first-order valence-corrected chi connectivity index (χ1v) is 8.60. The number of carbonyl (C=O) groups excluding carboxylic acids is 2. The number of rotatable bonds is 4. The van der Waals surface area contributed by atoms with Gasteiger partial charge < -0.3 is 19.5 Å². The number of benzene rings is 2. The molecule has 2 aromatic carbocycles. The van der Waals surface area contributed by atoms with Crippen molar-refractivity contribution in [1.29, 1.82) is 0 Å². The van der Waals surface area contributed by atoms with Crippen molar-refractivity contribution in [2.24, 2.45) is 0 Å². The molecule has 1 N–H and O–H groups in total. The van der Waals surface area contributed by atoms with Gasteiger partial charge in [0.15, 0.2) is 18.1 Å². The Bertz CT molecular complexity index is 840. The Morgan fingerprint density at radius 1 is 1.04 bits per heavy atom. The number of hydrogen-bond donors (Lipinski definition) is 1. The second kappa shape index (κ2) is 8.29. The normalized spacial score (nSPS) is 12.8. The molecule has 1 aliphatic rings. The molecule has 1 amide bonds. The van der Waals surface area contributed by atoms with E-state index >= 15 is 0 Å². The van der Waals surface area contributed by atoms with Crippen LogP contribution in [0.5, 0.6) is 11.5 Å². The molecule has 0 unspecified atom stereocenters. The van der Waals surface area contributed by atoms with E-state index in [-0.39, 0.29) is 10.6 Å². The van der Waals surface area contributed by atoms with Crippen molar-refractivity contribution >= 4 is 40.8 Å². The minimum absolute atomic E-state index is 0.138. The lowest BCUT2D eigenvalue weighted by molar-refractivity contribution is -0.119. The lowest BCUT2D eigenvalue weighted by atomic mass is 10.2. The molecule has 0 aromatic heterocycles. The SMILES string of the molecule is O=C(COC(=O)c1ccc(Cl)cc1Cl)Nc1ccc2c(c1)OCCCO2. The van der Waals surface area contributed by atoms with Gasteiger partial charge in [0.25, 0.3) is 5.91 Å². The molecule has 0 atom stereocenters. The fourth-order valence-electron chi connectivity index (χ4n) is 2.30. The molecule has 26 heavy (non-hydrogen) atoms. The number of halogens is 2. The first kappa shape index (κ1) is 18.4. The number of fused-ring (bicyclic) bond motifs is 1. The molecular weight excluding hydrogens is 381 g/mol. The molecule has 0 saturated heterocycles. The van der Waals surface area contributed by atoms with Gasteiger partial charge in [0.05, 0.1) is 23.8 Å². The quantitative estimate of drug-likeness (QED) is 0.793. The average molecular weight is 396 g/mol. The van der Waals surface area contributed by atoms with Crippen LogP contribution < -0.4 is 14.8 Å². The summed E-state index contributed by atoms with van der Waals surface area (Å²) in [5.74, 6) is -0.00653. The van der Waals surface area contributed by atoms with Gasteiger partial charge >= 0.3 is 5.97 Å². The molecule has 136 valence electrons. The fourth-order valence-corrected chi connectivity index (χ4v) is 2.79. The Hall–Kier alpha value is -2.44. The van der Waals surface area contributed by atoms with E-state index in [0.29, 0.717) is 35.4 Å². The molecule has 0 saturated carbocycles. The predicted molar refractivity (Wildman–Crippen MR) is 97.4 cm³/mol. The zero-order chi connectivity index (χ0) is 18.5. The van der Waals surface area contributed by atoms with Crippen LogP contribution in [0, 0.1) is 0 Å². The fraction of sp³-hybridized carbons (Fsp3) is 0.222. The molecule has 0 aliphatic carbocycles. The molecule has 1 aliphatic heterocycles. The Morgan fingerprint density at radius 2 is 1.81 bits per heavy atom. The second-order valence-electron chi connectivity index (χ2n) is 5.46. The molecule has 0 spiro atoms. The van der Waals surface area contributed by atoms with Gasteiger partial charge in [0.1, 0.15) is 0 Å². The summed E-state index contributed by atoms with van der Waals surface area (Å²) in [6.45, 7) is 0.679. The Balaban J connectivity index is 1.57. The molecule has 6 nitrogen and oxygen atoms in total. The van der Waals surface area contributed by atoms with Crippen LogP contribution in [0.2, 0.25) is 10.0 Å². The van der Waals surface area contributed by atoms with Crippen LogP contribution in [0.25, 0.3) is 0 Å². The first-order valence-electron chi connectivity index (χ1n) is 7.84. The van der Waals surface area contributed by atoms with Gasteiger partial charge in [-0.3, -0.25) is 4.79 Å². The first-order chi connectivity index (χ1) is 12.5. The van der Waals surface area contributed by atoms with Crippen LogP contribution >= 0.6 is 23.2 Å². The van der Waals surface area contributed by atoms with E-state index < -0.39 is 18.5 Å². The molecule has 0 fully saturated rings. The Morgan fingerprint density at radius 3 is 2.58 bits per heavy atom. The summed E-state index contributed by atoms with van der Waals surface area (Å²) in [5.41, 5.74) is 0.652. The van der Waals surface area contributed by atoms with Crippen molar-refractivity contribution in [3.8, 4) is 11.5 Å². The summed E-state index contributed by atoms with van der Waals surface area (Å²) in [6, 6.07) is 9.45. The van der Waals surface area contributed by atoms with Crippen LogP contribution in [0.3, 0.4) is 0 Å². The van der Waals surface area contributed by atoms with Crippen LogP contribution in [-0.2, 0) is 9.53 Å². The maximum absolute atomic E-state index is 12.0. The summed E-state index contributed by atoms with van der Waals surface area (Å²) < 4.78 is 16.1. The van der Waals surface area contributed by atoms with Gasteiger partial charge in [0, 0.05) is 23.2 Å². The maximum Gasteiger partial charge on any atom is 0.340 e. The van der Waals surface area contributed by atoms with Crippen molar-refractivity contribution in [3.63, 3.8) is 0 Å². The summed E-state index contributed by atoms with van der Waals surface area (Å²) in [7, 11) is 0. The van der Waals surface area contributed by atoms with Crippen molar-refractivity contribution in [2.75, 3.05) is 25.1 Å². The largest absolute Gasteiger partial charge is 0.490 e. The third kappa shape index (κ3) is 4.59. The van der Waals surface area contributed by atoms with E-state index in [2.05, 4.69) is 5.32 Å². The number of hydrogen-bond acceptors (Lipinski definition) is 5. The summed E-state index contributed by atoms with van der Waals surface area (Å²) >= 11 is 11.7. The lowest BCUT2D eigenvalue weighted by Crippen LogP contribution is -2.21. The van der Waals surface area contributed by atoms with E-state index in [1.54, 1.807) is 18.2 Å². The maximum atomic E-state index is 12.0. The number of nitrogens with one attached hydrogen (secondary N) is 1. The van der Waals surface area contributed by atoms with Gasteiger partial charge in [-0.25, -0.2) is 4.79 Å². The molecular formula is C18H15Cl2NO5. The van der Waals surface area contributed by atoms with E-state index in [4.69, 9.17) is 37.4 Å². The van der Waals surface area contributed by atoms with Crippen molar-refractivity contribution in [1.82, 2.24) is 0 Å². The number of anilines is 1. The highest BCUT2D eigenvalue weighted by molar-refractivity contribution is 6.36. The third-order valence-corrected chi connectivity index (χ3v) is 4.06. The van der Waals surface area contributed by atoms with E-state index in [0.717, 1.165) is 6.42 Å². The van der Waals surface area contributed by atoms with E-state index in [1.165, 1.54) is 18.2 Å². The Kier molecular flexibility index (Phi) is 5.85. The predicted octanol–water partition coefficient (Wildman–Crippen LogP) is 3.95. The van der Waals surface area contributed by atoms with Gasteiger partial charge in [-0.05, 0) is 30.3 Å². The van der Waals surface area contributed by atoms with E-state index in [9.17, 15) is 9.59 Å². The van der Waals surface area contributed by atoms with Crippen LogP contribution in [0.1, 0.15) is 16.8 Å². The second-order valence-corrected chi connectivity index (χ2v) is 6.30. The zero-order valence-corrected chi connectivity index (χ0v) is 15.1. The van der Waals surface area contributed by atoms with E-state index in [1.807, 2.05) is 0 Å². The highest BCUT2D eigenvalue weighted by Crippen LogP contribution is 2.32. The molecule has 3 rings (SSSR count). The third-order valence-electron chi connectivity index (χ3n) is 3.52. The van der Waals surface area contributed by atoms with Gasteiger partial charge in [-0.15, -0.1) is 0 Å². The molecule has 0 radical (unpaired) electrons. The number of esters is 1. The lowest BCUT2D eigenvalue weighted by Gasteiger charge is -2.11. The van der Waals surface area contributed by atoms with Gasteiger partial charge in [-0.2, -0.15) is 0 Å². The number of ether oxygens (including phenoxy) is 3. The van der Waals surface area contributed by atoms with Crippen molar-refractivity contribution in [3.05, 3.63) is 52.0 Å². The minimum atomic E-state index is -0.708. The van der Waals surface area contributed by atoms with Crippen molar-refractivity contribution in [2.45, 2.75) is 6.42 Å². The monoisotopic (exact) mass is 395 g/mol. The summed E-state index contributed by atoms with van der Waals surface area (Å²) in [6.07, 6.45) is 0.791. The number of amides is 1. The highest BCUT2D eigenvalue weighted by Gasteiger charge is 2.15. The number of carbonyl (C=O) groups is 2. The smallest absolute Gasteiger partial charge is 0.340 e. The highest BCUT2D eigenvalue weighted by atomic mass is 35.5. The van der Waals surface area contributed by atoms with Crippen molar-refractivity contribution < 1.29 is 23.8 Å². The summed E-state index contributed by atoms with van der Waals surface area (Å²) in [5, 5.41) is 3.20. The summed E-state index contributed by atoms with van der Waals surface area (Å²) in [4.78, 5) is 24.0. The topological polar surface area (TPSA) is 73.9 Å². The zero-order valence-electron chi connectivity index (χ0n) is 13.6. The average Bonchev–Trinajstić information content (AvgIpc) is 2.84. The van der Waals surface area contributed by atoms with Crippen LogP contribution in [0.15, 0.2) is 36.4 Å². The molecule has 1 heterocycles. The standard InChI is InChI=1S/C18H15Cl2NO5/c19-11-2-4-13(14(20)8-11)18(23)26-10-17(22)21-12-3-5-15-16(9-12)25-7-1-6-24-15/h2-5,8-9H,1,6-7,10H2,(H,21,22). The Labute approximate surface area is 159 Å². The molecule has 8 heteroatoms. The van der Waals surface area contributed by atoms with Crippen LogP contribution in [-0.4, -0.2) is 31.7 Å². The van der Waals surface area contributed by atoms with Crippen LogP contribution in [0.4, 0.5) is 5.69 Å². The molecule has 2 aromatic rings.